The second kappa shape index (κ2) is 4.82. The Morgan fingerprint density at radius 1 is 1.67 bits per heavy atom. The molecule has 0 bridgehead atoms. The highest BCUT2D eigenvalue weighted by molar-refractivity contribution is 5.83. The van der Waals surface area contributed by atoms with Crippen LogP contribution in [0.4, 0.5) is 0 Å². The van der Waals surface area contributed by atoms with Crippen molar-refractivity contribution in [1.29, 1.82) is 0 Å². The number of imidazole rings is 1. The Bertz CT molecular complexity index is 343. The molecule has 0 saturated carbocycles. The van der Waals surface area contributed by atoms with E-state index in [9.17, 15) is 0 Å². The van der Waals surface area contributed by atoms with Gasteiger partial charge in [-0.3, -0.25) is 0 Å². The Morgan fingerprint density at radius 2 is 2.33 bits per heavy atom. The van der Waals surface area contributed by atoms with Crippen LogP contribution in [0.3, 0.4) is 0 Å². The van der Waals surface area contributed by atoms with Crippen molar-refractivity contribution in [1.82, 2.24) is 9.55 Å². The summed E-state index contributed by atoms with van der Waals surface area (Å²) in [6, 6.07) is -0.116. The van der Waals surface area contributed by atoms with Gasteiger partial charge in [-0.1, -0.05) is 25.9 Å². The Hall–Kier alpha value is -1.52. The van der Waals surface area contributed by atoms with E-state index in [-0.39, 0.29) is 11.9 Å². The molecule has 3 N–H and O–H groups in total. The van der Waals surface area contributed by atoms with Gasteiger partial charge >= 0.3 is 0 Å². The van der Waals surface area contributed by atoms with E-state index in [1.54, 1.807) is 6.20 Å². The lowest BCUT2D eigenvalue weighted by molar-refractivity contribution is 0.313. The summed E-state index contributed by atoms with van der Waals surface area (Å²) in [5.74, 6) is 1.49. The van der Waals surface area contributed by atoms with Crippen LogP contribution < -0.4 is 5.73 Å². The molecule has 0 fully saturated rings. The van der Waals surface area contributed by atoms with Gasteiger partial charge in [0, 0.05) is 18.3 Å². The van der Waals surface area contributed by atoms with E-state index in [1.165, 1.54) is 0 Å². The van der Waals surface area contributed by atoms with E-state index >= 15 is 0 Å². The number of aromatic nitrogens is 2. The van der Waals surface area contributed by atoms with Crippen LogP contribution in [0.1, 0.15) is 45.0 Å². The number of rotatable bonds is 4. The smallest absolute Gasteiger partial charge is 0.162 e. The van der Waals surface area contributed by atoms with Gasteiger partial charge in [-0.25, -0.2) is 4.98 Å². The summed E-state index contributed by atoms with van der Waals surface area (Å²) in [4.78, 5) is 4.27. The molecule has 0 saturated heterocycles. The molecule has 0 aliphatic carbocycles. The minimum absolute atomic E-state index is 0.116. The third-order valence-corrected chi connectivity index (χ3v) is 2.39. The summed E-state index contributed by atoms with van der Waals surface area (Å²) in [6.45, 7) is 6.13. The predicted octanol–water partition coefficient (Wildman–Crippen LogP) is 1.70. The van der Waals surface area contributed by atoms with E-state index in [2.05, 4.69) is 24.0 Å². The fourth-order valence-corrected chi connectivity index (χ4v) is 1.65. The minimum Gasteiger partial charge on any atom is -0.409 e. The molecule has 0 radical (unpaired) electrons. The zero-order valence-electron chi connectivity index (χ0n) is 9.38. The molecule has 5 nitrogen and oxygen atoms in total. The third kappa shape index (κ3) is 2.29. The SMILES string of the molecule is CCC(C(N)=NO)n1ccnc1C(C)C. The molecule has 0 aliphatic heterocycles. The summed E-state index contributed by atoms with van der Waals surface area (Å²) in [6.07, 6.45) is 4.37. The van der Waals surface area contributed by atoms with Crippen molar-refractivity contribution >= 4 is 5.84 Å². The Morgan fingerprint density at radius 3 is 2.80 bits per heavy atom. The molecule has 0 aliphatic rings. The summed E-state index contributed by atoms with van der Waals surface area (Å²) in [5.41, 5.74) is 5.64. The van der Waals surface area contributed by atoms with E-state index in [4.69, 9.17) is 10.9 Å². The number of amidine groups is 1. The Kier molecular flexibility index (Phi) is 3.71. The van der Waals surface area contributed by atoms with Gasteiger partial charge in [0.05, 0.1) is 6.04 Å². The monoisotopic (exact) mass is 210 g/mol. The van der Waals surface area contributed by atoms with E-state index in [0.717, 1.165) is 12.2 Å². The highest BCUT2D eigenvalue weighted by Crippen LogP contribution is 2.19. The average Bonchev–Trinajstić information content (AvgIpc) is 2.67. The minimum atomic E-state index is -0.116. The number of nitrogens with two attached hydrogens (primary N) is 1. The van der Waals surface area contributed by atoms with Crippen LogP contribution in [0.25, 0.3) is 0 Å². The van der Waals surface area contributed by atoms with Crippen LogP contribution in [-0.4, -0.2) is 20.6 Å². The maximum Gasteiger partial charge on any atom is 0.162 e. The van der Waals surface area contributed by atoms with Gasteiger partial charge in [0.2, 0.25) is 0 Å². The molecule has 0 amide bonds. The second-order valence-corrected chi connectivity index (χ2v) is 3.80. The lowest BCUT2D eigenvalue weighted by Gasteiger charge is -2.19. The lowest BCUT2D eigenvalue weighted by Crippen LogP contribution is -2.27. The molecule has 1 rings (SSSR count). The van der Waals surface area contributed by atoms with Crippen molar-refractivity contribution in [3.05, 3.63) is 18.2 Å². The molecule has 1 heterocycles. The average molecular weight is 210 g/mol. The van der Waals surface area contributed by atoms with E-state index in [0.29, 0.717) is 5.92 Å². The number of hydrogen-bond donors (Lipinski definition) is 2. The molecule has 1 unspecified atom stereocenters. The first kappa shape index (κ1) is 11.6. The maximum atomic E-state index is 8.69. The van der Waals surface area contributed by atoms with E-state index < -0.39 is 0 Å². The molecule has 15 heavy (non-hydrogen) atoms. The lowest BCUT2D eigenvalue weighted by atomic mass is 10.1. The second-order valence-electron chi connectivity index (χ2n) is 3.80. The largest absolute Gasteiger partial charge is 0.409 e. The van der Waals surface area contributed by atoms with Gasteiger partial charge in [0.25, 0.3) is 0 Å². The fraction of sp³-hybridized carbons (Fsp3) is 0.600. The zero-order chi connectivity index (χ0) is 11.4. The van der Waals surface area contributed by atoms with Crippen molar-refractivity contribution in [2.45, 2.75) is 39.2 Å². The molecular weight excluding hydrogens is 192 g/mol. The summed E-state index contributed by atoms with van der Waals surface area (Å²) >= 11 is 0. The van der Waals surface area contributed by atoms with Crippen LogP contribution in [0, 0.1) is 0 Å². The van der Waals surface area contributed by atoms with Crippen molar-refractivity contribution in [2.75, 3.05) is 0 Å². The van der Waals surface area contributed by atoms with Gasteiger partial charge in [-0.05, 0) is 6.42 Å². The summed E-state index contributed by atoms with van der Waals surface area (Å²) in [7, 11) is 0. The first-order chi connectivity index (χ1) is 7.11. The van der Waals surface area contributed by atoms with Gasteiger partial charge in [-0.2, -0.15) is 0 Å². The molecule has 1 aromatic rings. The molecular formula is C10H18N4O. The Labute approximate surface area is 89.6 Å². The van der Waals surface area contributed by atoms with Crippen molar-refractivity contribution in [3.8, 4) is 0 Å². The zero-order valence-corrected chi connectivity index (χ0v) is 9.38. The van der Waals surface area contributed by atoms with Gasteiger partial charge in [0.15, 0.2) is 5.84 Å². The number of oxime groups is 1. The number of hydrogen-bond acceptors (Lipinski definition) is 3. The standard InChI is InChI=1S/C10H18N4O/c1-4-8(9(11)13-15)14-6-5-12-10(14)7(2)3/h5-8,15H,4H2,1-3H3,(H2,11,13). The van der Waals surface area contributed by atoms with Gasteiger partial charge in [0.1, 0.15) is 5.82 Å². The fourth-order valence-electron chi connectivity index (χ4n) is 1.65. The molecule has 0 spiro atoms. The predicted molar refractivity (Wildman–Crippen MR) is 59.1 cm³/mol. The van der Waals surface area contributed by atoms with Crippen LogP contribution in [-0.2, 0) is 0 Å². The van der Waals surface area contributed by atoms with Crippen LogP contribution in [0.5, 0.6) is 0 Å². The number of nitrogens with zero attached hydrogens (tertiary/aromatic N) is 3. The van der Waals surface area contributed by atoms with Crippen molar-refractivity contribution in [2.24, 2.45) is 10.9 Å². The molecule has 1 atom stereocenters. The first-order valence-electron chi connectivity index (χ1n) is 5.11. The van der Waals surface area contributed by atoms with Crippen molar-refractivity contribution in [3.63, 3.8) is 0 Å². The van der Waals surface area contributed by atoms with E-state index in [1.807, 2.05) is 17.7 Å². The summed E-state index contributed by atoms with van der Waals surface area (Å²) < 4.78 is 1.96. The van der Waals surface area contributed by atoms with Gasteiger partial charge in [-0.15, -0.1) is 0 Å². The van der Waals surface area contributed by atoms with Crippen LogP contribution >= 0.6 is 0 Å². The Balaban J connectivity index is 3.07. The highest BCUT2D eigenvalue weighted by atomic mass is 16.4. The molecule has 1 aromatic heterocycles. The molecule has 84 valence electrons. The van der Waals surface area contributed by atoms with Crippen LogP contribution in [0.15, 0.2) is 17.5 Å². The van der Waals surface area contributed by atoms with Crippen LogP contribution in [0.2, 0.25) is 0 Å². The summed E-state index contributed by atoms with van der Waals surface area (Å²) in [5, 5.41) is 11.8. The first-order valence-corrected chi connectivity index (χ1v) is 5.11. The van der Waals surface area contributed by atoms with Crippen molar-refractivity contribution < 1.29 is 5.21 Å². The molecule has 5 heteroatoms. The quantitative estimate of drug-likeness (QED) is 0.344. The molecule has 0 aromatic carbocycles. The highest BCUT2D eigenvalue weighted by Gasteiger charge is 2.18. The third-order valence-electron chi connectivity index (χ3n) is 2.39. The maximum absolute atomic E-state index is 8.69. The topological polar surface area (TPSA) is 76.4 Å². The van der Waals surface area contributed by atoms with Gasteiger partial charge < -0.3 is 15.5 Å². The normalized spacial score (nSPS) is 14.5.